The fourth-order valence-electron chi connectivity index (χ4n) is 2.45. The van der Waals surface area contributed by atoms with Crippen LogP contribution in [-0.4, -0.2) is 37.9 Å². The SMILES string of the molecule is COc1ccc(SCCC(=O)OCCNC(=O)CCc2ccc(C)cc2)cc1. The number of methoxy groups -OCH3 is 1. The molecule has 0 aromatic heterocycles. The van der Waals surface area contributed by atoms with Crippen molar-refractivity contribution in [1.29, 1.82) is 0 Å². The normalized spacial score (nSPS) is 10.4. The highest BCUT2D eigenvalue weighted by atomic mass is 32.2. The molecule has 5 nitrogen and oxygen atoms in total. The average molecular weight is 402 g/mol. The lowest BCUT2D eigenvalue weighted by Crippen LogP contribution is -2.28. The predicted octanol–water partition coefficient (Wildman–Crippen LogP) is 3.78. The third kappa shape index (κ3) is 8.48. The van der Waals surface area contributed by atoms with E-state index in [1.807, 2.05) is 55.5 Å². The van der Waals surface area contributed by atoms with Crippen LogP contribution in [0.1, 0.15) is 24.0 Å². The van der Waals surface area contributed by atoms with Crippen LogP contribution in [0, 0.1) is 6.92 Å². The largest absolute Gasteiger partial charge is 0.497 e. The fourth-order valence-corrected chi connectivity index (χ4v) is 3.29. The zero-order valence-electron chi connectivity index (χ0n) is 16.4. The van der Waals surface area contributed by atoms with Gasteiger partial charge in [-0.15, -0.1) is 11.8 Å². The second-order valence-corrected chi connectivity index (χ2v) is 7.50. The minimum atomic E-state index is -0.255. The van der Waals surface area contributed by atoms with Crippen molar-refractivity contribution in [2.75, 3.05) is 26.0 Å². The third-order valence-electron chi connectivity index (χ3n) is 4.08. The lowest BCUT2D eigenvalue weighted by molar-refractivity contribution is -0.143. The molecule has 0 aliphatic rings. The van der Waals surface area contributed by atoms with E-state index < -0.39 is 0 Å². The van der Waals surface area contributed by atoms with Gasteiger partial charge in [0.1, 0.15) is 12.4 Å². The second-order valence-electron chi connectivity index (χ2n) is 6.33. The van der Waals surface area contributed by atoms with Crippen LogP contribution < -0.4 is 10.1 Å². The number of amides is 1. The molecule has 0 fully saturated rings. The summed E-state index contributed by atoms with van der Waals surface area (Å²) in [7, 11) is 1.63. The monoisotopic (exact) mass is 401 g/mol. The van der Waals surface area contributed by atoms with Crippen LogP contribution in [0.15, 0.2) is 53.4 Å². The molecule has 0 unspecified atom stereocenters. The number of ether oxygens (including phenoxy) is 2. The van der Waals surface area contributed by atoms with Gasteiger partial charge >= 0.3 is 5.97 Å². The standard InChI is InChI=1S/C22H27NO4S/c1-17-3-5-18(6-4-17)7-12-21(24)23-14-15-27-22(25)13-16-28-20-10-8-19(26-2)9-11-20/h3-6,8-11H,7,12-16H2,1-2H3,(H,23,24). The Morgan fingerprint density at radius 3 is 2.39 bits per heavy atom. The van der Waals surface area contributed by atoms with E-state index in [-0.39, 0.29) is 18.5 Å². The summed E-state index contributed by atoms with van der Waals surface area (Å²) in [6, 6.07) is 15.9. The quantitative estimate of drug-likeness (QED) is 0.353. The molecule has 0 aliphatic carbocycles. The van der Waals surface area contributed by atoms with Crippen molar-refractivity contribution in [3.8, 4) is 5.75 Å². The Labute approximate surface area is 170 Å². The molecule has 2 rings (SSSR count). The highest BCUT2D eigenvalue weighted by Crippen LogP contribution is 2.21. The summed E-state index contributed by atoms with van der Waals surface area (Å²) in [4.78, 5) is 24.7. The van der Waals surface area contributed by atoms with Gasteiger partial charge in [-0.25, -0.2) is 0 Å². The number of hydrogen-bond donors (Lipinski definition) is 1. The molecule has 150 valence electrons. The topological polar surface area (TPSA) is 64.6 Å². The van der Waals surface area contributed by atoms with Crippen molar-refractivity contribution >= 4 is 23.6 Å². The van der Waals surface area contributed by atoms with E-state index in [2.05, 4.69) is 5.32 Å². The van der Waals surface area contributed by atoms with E-state index >= 15 is 0 Å². The number of benzene rings is 2. The summed E-state index contributed by atoms with van der Waals surface area (Å²) in [5.41, 5.74) is 2.35. The Bertz CT molecular complexity index is 744. The van der Waals surface area contributed by atoms with Crippen molar-refractivity contribution in [3.63, 3.8) is 0 Å². The summed E-state index contributed by atoms with van der Waals surface area (Å²) in [6.07, 6.45) is 1.46. The highest BCUT2D eigenvalue weighted by Gasteiger charge is 2.05. The first-order valence-electron chi connectivity index (χ1n) is 9.31. The maximum atomic E-state index is 11.8. The van der Waals surface area contributed by atoms with Crippen molar-refractivity contribution in [2.45, 2.75) is 31.1 Å². The molecule has 0 spiro atoms. The number of aryl methyl sites for hydroxylation is 2. The Hall–Kier alpha value is -2.47. The van der Waals surface area contributed by atoms with E-state index in [1.165, 1.54) is 5.56 Å². The van der Waals surface area contributed by atoms with Crippen molar-refractivity contribution in [2.24, 2.45) is 0 Å². The molecule has 28 heavy (non-hydrogen) atoms. The first kappa shape index (κ1) is 21.8. The third-order valence-corrected chi connectivity index (χ3v) is 5.10. The molecule has 0 radical (unpaired) electrons. The number of nitrogens with one attached hydrogen (secondary N) is 1. The second kappa shape index (κ2) is 12.1. The number of thioether (sulfide) groups is 1. The number of rotatable bonds is 11. The van der Waals surface area contributed by atoms with Crippen LogP contribution in [0.3, 0.4) is 0 Å². The van der Waals surface area contributed by atoms with Gasteiger partial charge in [-0.05, 0) is 43.2 Å². The summed E-state index contributed by atoms with van der Waals surface area (Å²) >= 11 is 1.59. The first-order chi connectivity index (χ1) is 13.6. The van der Waals surface area contributed by atoms with E-state index in [9.17, 15) is 9.59 Å². The molecule has 0 atom stereocenters. The zero-order chi connectivity index (χ0) is 20.2. The van der Waals surface area contributed by atoms with Crippen LogP contribution in [0.25, 0.3) is 0 Å². The van der Waals surface area contributed by atoms with Crippen LogP contribution in [0.4, 0.5) is 0 Å². The molecular weight excluding hydrogens is 374 g/mol. The van der Waals surface area contributed by atoms with Crippen molar-refractivity contribution < 1.29 is 19.1 Å². The summed E-state index contributed by atoms with van der Waals surface area (Å²) in [6.45, 7) is 2.57. The molecule has 2 aromatic carbocycles. The van der Waals surface area contributed by atoms with Crippen LogP contribution in [-0.2, 0) is 20.7 Å². The highest BCUT2D eigenvalue weighted by molar-refractivity contribution is 7.99. The molecule has 0 heterocycles. The smallest absolute Gasteiger partial charge is 0.306 e. The molecule has 6 heteroatoms. The Kier molecular flexibility index (Phi) is 9.42. The number of hydrogen-bond acceptors (Lipinski definition) is 5. The van der Waals surface area contributed by atoms with E-state index in [4.69, 9.17) is 9.47 Å². The number of carbonyl (C=O) groups is 2. The van der Waals surface area contributed by atoms with Crippen molar-refractivity contribution in [1.82, 2.24) is 5.32 Å². The van der Waals surface area contributed by atoms with Crippen LogP contribution in [0.5, 0.6) is 5.75 Å². The summed E-state index contributed by atoms with van der Waals surface area (Å²) < 4.78 is 10.3. The van der Waals surface area contributed by atoms with E-state index in [0.29, 0.717) is 31.6 Å². The molecule has 0 bridgehead atoms. The molecule has 1 N–H and O–H groups in total. The minimum absolute atomic E-state index is 0.0355. The lowest BCUT2D eigenvalue weighted by atomic mass is 10.1. The minimum Gasteiger partial charge on any atom is -0.497 e. The van der Waals surface area contributed by atoms with E-state index in [0.717, 1.165) is 16.2 Å². The van der Waals surface area contributed by atoms with Gasteiger partial charge in [0.2, 0.25) is 5.91 Å². The molecule has 2 aromatic rings. The Morgan fingerprint density at radius 2 is 1.71 bits per heavy atom. The van der Waals surface area contributed by atoms with Gasteiger partial charge in [-0.1, -0.05) is 29.8 Å². The van der Waals surface area contributed by atoms with Crippen molar-refractivity contribution in [3.05, 3.63) is 59.7 Å². The Morgan fingerprint density at radius 1 is 1.00 bits per heavy atom. The lowest BCUT2D eigenvalue weighted by Gasteiger charge is -2.07. The van der Waals surface area contributed by atoms with Gasteiger partial charge < -0.3 is 14.8 Å². The first-order valence-corrected chi connectivity index (χ1v) is 10.3. The van der Waals surface area contributed by atoms with Gasteiger partial charge in [-0.2, -0.15) is 0 Å². The van der Waals surface area contributed by atoms with E-state index in [1.54, 1.807) is 18.9 Å². The van der Waals surface area contributed by atoms with Gasteiger partial charge in [0, 0.05) is 17.1 Å². The summed E-state index contributed by atoms with van der Waals surface area (Å²) in [5, 5.41) is 2.78. The maximum absolute atomic E-state index is 11.8. The van der Waals surface area contributed by atoms with Gasteiger partial charge in [-0.3, -0.25) is 9.59 Å². The van der Waals surface area contributed by atoms with Gasteiger partial charge in [0.15, 0.2) is 0 Å². The van der Waals surface area contributed by atoms with Gasteiger partial charge in [0.25, 0.3) is 0 Å². The predicted molar refractivity (Wildman–Crippen MR) is 112 cm³/mol. The maximum Gasteiger partial charge on any atom is 0.306 e. The van der Waals surface area contributed by atoms with Crippen LogP contribution in [0.2, 0.25) is 0 Å². The number of esters is 1. The molecule has 0 aliphatic heterocycles. The van der Waals surface area contributed by atoms with Crippen LogP contribution >= 0.6 is 11.8 Å². The molecule has 0 saturated heterocycles. The zero-order valence-corrected chi connectivity index (χ0v) is 17.2. The number of carbonyl (C=O) groups excluding carboxylic acids is 2. The van der Waals surface area contributed by atoms with Gasteiger partial charge in [0.05, 0.1) is 20.1 Å². The summed E-state index contributed by atoms with van der Waals surface area (Å²) in [5.74, 6) is 1.17. The molecule has 0 saturated carbocycles. The fraction of sp³-hybridized carbons (Fsp3) is 0.364. The average Bonchev–Trinajstić information content (AvgIpc) is 2.71. The Balaban J connectivity index is 1.51. The molecule has 1 amide bonds. The molecular formula is C22H27NO4S.